The lowest BCUT2D eigenvalue weighted by atomic mass is 10.2. The van der Waals surface area contributed by atoms with Gasteiger partial charge < -0.3 is 15.2 Å². The van der Waals surface area contributed by atoms with Crippen molar-refractivity contribution >= 4 is 11.8 Å². The van der Waals surface area contributed by atoms with Gasteiger partial charge in [0.25, 0.3) is 0 Å². The second-order valence-corrected chi connectivity index (χ2v) is 5.32. The molecule has 2 N–H and O–H groups in total. The summed E-state index contributed by atoms with van der Waals surface area (Å²) >= 11 is 1.89. The fraction of sp³-hybridized carbons (Fsp3) is 0.571. The first-order valence-corrected chi connectivity index (χ1v) is 7.55. The van der Waals surface area contributed by atoms with Crippen LogP contribution in [0.5, 0.6) is 11.5 Å². The summed E-state index contributed by atoms with van der Waals surface area (Å²) in [5, 5.41) is 0. The van der Waals surface area contributed by atoms with E-state index in [0.717, 1.165) is 36.2 Å². The van der Waals surface area contributed by atoms with Crippen molar-refractivity contribution in [1.29, 1.82) is 0 Å². The maximum Gasteiger partial charge on any atom is 0.119 e. The van der Waals surface area contributed by atoms with Crippen LogP contribution in [-0.2, 0) is 0 Å². The van der Waals surface area contributed by atoms with Gasteiger partial charge in [-0.05, 0) is 49.4 Å². The Bertz CT molecular complexity index is 316. The predicted molar refractivity (Wildman–Crippen MR) is 78.6 cm³/mol. The topological polar surface area (TPSA) is 44.5 Å². The zero-order chi connectivity index (χ0) is 13.2. The molecule has 0 aliphatic rings. The average Bonchev–Trinajstić information content (AvgIpc) is 2.40. The molecule has 18 heavy (non-hydrogen) atoms. The van der Waals surface area contributed by atoms with Crippen LogP contribution in [0.4, 0.5) is 0 Å². The summed E-state index contributed by atoms with van der Waals surface area (Å²) in [6.07, 6.45) is 0. The molecule has 0 spiro atoms. The van der Waals surface area contributed by atoms with E-state index in [9.17, 15) is 0 Å². The van der Waals surface area contributed by atoms with E-state index >= 15 is 0 Å². The van der Waals surface area contributed by atoms with E-state index in [0.29, 0.717) is 12.5 Å². The summed E-state index contributed by atoms with van der Waals surface area (Å²) in [6, 6.07) is 7.75. The minimum Gasteiger partial charge on any atom is -0.494 e. The Morgan fingerprint density at radius 2 is 1.78 bits per heavy atom. The van der Waals surface area contributed by atoms with Crippen LogP contribution in [0, 0.1) is 5.92 Å². The highest BCUT2D eigenvalue weighted by Gasteiger charge is 1.99. The maximum atomic E-state index is 5.65. The number of thioether (sulfide) groups is 1. The Morgan fingerprint density at radius 3 is 2.33 bits per heavy atom. The highest BCUT2D eigenvalue weighted by Crippen LogP contribution is 2.17. The molecule has 0 saturated carbocycles. The zero-order valence-corrected chi connectivity index (χ0v) is 12.0. The summed E-state index contributed by atoms with van der Waals surface area (Å²) in [6.45, 7) is 6.32. The Hall–Kier alpha value is -0.870. The first-order valence-electron chi connectivity index (χ1n) is 6.39. The smallest absolute Gasteiger partial charge is 0.119 e. The number of benzene rings is 1. The van der Waals surface area contributed by atoms with Crippen LogP contribution in [0.2, 0.25) is 0 Å². The van der Waals surface area contributed by atoms with Crippen LogP contribution in [-0.4, -0.2) is 31.3 Å². The molecule has 1 rings (SSSR count). The van der Waals surface area contributed by atoms with E-state index in [2.05, 4.69) is 6.92 Å². The van der Waals surface area contributed by atoms with Crippen LogP contribution >= 0.6 is 11.8 Å². The number of nitrogens with two attached hydrogens (primary N) is 1. The number of ether oxygens (including phenoxy) is 2. The van der Waals surface area contributed by atoms with Gasteiger partial charge in [-0.1, -0.05) is 6.92 Å². The van der Waals surface area contributed by atoms with Gasteiger partial charge in [-0.15, -0.1) is 0 Å². The van der Waals surface area contributed by atoms with Crippen molar-refractivity contribution in [3.63, 3.8) is 0 Å². The molecule has 0 aliphatic heterocycles. The lowest BCUT2D eigenvalue weighted by Crippen LogP contribution is -2.13. The molecule has 0 bridgehead atoms. The van der Waals surface area contributed by atoms with Gasteiger partial charge in [0, 0.05) is 5.75 Å². The van der Waals surface area contributed by atoms with Crippen LogP contribution in [0.15, 0.2) is 24.3 Å². The zero-order valence-electron chi connectivity index (χ0n) is 11.2. The Labute approximate surface area is 114 Å². The quantitative estimate of drug-likeness (QED) is 0.700. The van der Waals surface area contributed by atoms with E-state index in [1.165, 1.54) is 0 Å². The largest absolute Gasteiger partial charge is 0.494 e. The van der Waals surface area contributed by atoms with Crippen LogP contribution in [0.25, 0.3) is 0 Å². The Kier molecular flexibility index (Phi) is 7.69. The summed E-state index contributed by atoms with van der Waals surface area (Å²) in [5.74, 6) is 4.46. The number of hydrogen-bond donors (Lipinski definition) is 1. The molecule has 0 aliphatic carbocycles. The highest BCUT2D eigenvalue weighted by atomic mass is 32.2. The Morgan fingerprint density at radius 1 is 1.17 bits per heavy atom. The van der Waals surface area contributed by atoms with E-state index in [4.69, 9.17) is 15.2 Å². The first kappa shape index (κ1) is 15.2. The third-order valence-corrected chi connectivity index (χ3v) is 3.70. The van der Waals surface area contributed by atoms with E-state index in [-0.39, 0.29) is 0 Å². The lowest BCUT2D eigenvalue weighted by Gasteiger charge is -2.09. The summed E-state index contributed by atoms with van der Waals surface area (Å²) in [4.78, 5) is 0. The van der Waals surface area contributed by atoms with Crippen molar-refractivity contribution in [3.8, 4) is 11.5 Å². The van der Waals surface area contributed by atoms with Crippen LogP contribution in [0.3, 0.4) is 0 Å². The van der Waals surface area contributed by atoms with Crippen LogP contribution in [0.1, 0.15) is 13.8 Å². The maximum absolute atomic E-state index is 5.65. The summed E-state index contributed by atoms with van der Waals surface area (Å²) < 4.78 is 11.0. The molecule has 3 nitrogen and oxygen atoms in total. The molecule has 0 saturated heterocycles. The third kappa shape index (κ3) is 6.17. The third-order valence-electron chi connectivity index (χ3n) is 2.44. The molecule has 0 fully saturated rings. The molecule has 1 unspecified atom stereocenters. The van der Waals surface area contributed by atoms with E-state index in [1.807, 2.05) is 43.0 Å². The molecular weight excluding hydrogens is 246 g/mol. The standard InChI is InChI=1S/C14H23NO2S/c1-3-16-13-4-6-14(7-5-13)17-8-9-18-11-12(2)10-15/h4-7,12H,3,8-11,15H2,1-2H3. The van der Waals surface area contributed by atoms with Gasteiger partial charge >= 0.3 is 0 Å². The molecular formula is C14H23NO2S. The molecule has 4 heteroatoms. The van der Waals surface area contributed by atoms with Gasteiger partial charge in [-0.3, -0.25) is 0 Å². The molecule has 1 aromatic rings. The fourth-order valence-corrected chi connectivity index (χ4v) is 2.28. The minimum atomic E-state index is 0.584. The van der Waals surface area contributed by atoms with Gasteiger partial charge in [0.1, 0.15) is 11.5 Å². The minimum absolute atomic E-state index is 0.584. The van der Waals surface area contributed by atoms with Crippen molar-refractivity contribution in [2.24, 2.45) is 11.7 Å². The lowest BCUT2D eigenvalue weighted by molar-refractivity contribution is 0.332. The molecule has 1 atom stereocenters. The monoisotopic (exact) mass is 269 g/mol. The fourth-order valence-electron chi connectivity index (χ4n) is 1.37. The van der Waals surface area contributed by atoms with Gasteiger partial charge in [0.05, 0.1) is 13.2 Å². The SMILES string of the molecule is CCOc1ccc(OCCSCC(C)CN)cc1. The predicted octanol–water partition coefficient (Wildman–Crippen LogP) is 2.79. The van der Waals surface area contributed by atoms with E-state index < -0.39 is 0 Å². The molecule has 0 radical (unpaired) electrons. The first-order chi connectivity index (χ1) is 8.76. The van der Waals surface area contributed by atoms with Gasteiger partial charge in [-0.2, -0.15) is 11.8 Å². The van der Waals surface area contributed by atoms with Crippen molar-refractivity contribution in [2.75, 3.05) is 31.3 Å². The molecule has 0 amide bonds. The molecule has 102 valence electrons. The van der Waals surface area contributed by atoms with Crippen molar-refractivity contribution in [1.82, 2.24) is 0 Å². The average molecular weight is 269 g/mol. The van der Waals surface area contributed by atoms with Crippen molar-refractivity contribution < 1.29 is 9.47 Å². The highest BCUT2D eigenvalue weighted by molar-refractivity contribution is 7.99. The number of rotatable bonds is 9. The second-order valence-electron chi connectivity index (χ2n) is 4.17. The normalized spacial score (nSPS) is 12.2. The van der Waals surface area contributed by atoms with Crippen molar-refractivity contribution in [3.05, 3.63) is 24.3 Å². The second kappa shape index (κ2) is 9.11. The van der Waals surface area contributed by atoms with Gasteiger partial charge in [0.2, 0.25) is 0 Å². The summed E-state index contributed by atoms with van der Waals surface area (Å²) in [5.41, 5.74) is 5.56. The molecule has 1 aromatic carbocycles. The Balaban J connectivity index is 2.15. The number of hydrogen-bond acceptors (Lipinski definition) is 4. The van der Waals surface area contributed by atoms with E-state index in [1.54, 1.807) is 0 Å². The summed E-state index contributed by atoms with van der Waals surface area (Å²) in [7, 11) is 0. The van der Waals surface area contributed by atoms with Crippen molar-refractivity contribution in [2.45, 2.75) is 13.8 Å². The molecule has 0 aromatic heterocycles. The molecule has 0 heterocycles. The van der Waals surface area contributed by atoms with Gasteiger partial charge in [0.15, 0.2) is 0 Å². The van der Waals surface area contributed by atoms with Gasteiger partial charge in [-0.25, -0.2) is 0 Å². The van der Waals surface area contributed by atoms with Crippen LogP contribution < -0.4 is 15.2 Å².